The number of aromatic nitrogens is 1. The van der Waals surface area contributed by atoms with Crippen LogP contribution in [0.1, 0.15) is 34.2 Å². The zero-order chi connectivity index (χ0) is 41.7. The van der Waals surface area contributed by atoms with Crippen LogP contribution in [0.25, 0.3) is 11.1 Å². The molecule has 302 valence electrons. The van der Waals surface area contributed by atoms with Crippen LogP contribution in [-0.2, 0) is 54.6 Å². The number of rotatable bonds is 18. The molecule has 19 heteroatoms. The Morgan fingerprint density at radius 3 is 2.14 bits per heavy atom. The highest BCUT2D eigenvalue weighted by molar-refractivity contribution is 7.90. The lowest BCUT2D eigenvalue weighted by Crippen LogP contribution is -2.36. The quantitative estimate of drug-likeness (QED) is 0.0620. The number of primary amides is 1. The molecule has 0 bridgehead atoms. The summed E-state index contributed by atoms with van der Waals surface area (Å²) in [6, 6.07) is 14.9. The molecule has 4 rings (SSSR count). The highest BCUT2D eigenvalue weighted by Gasteiger charge is 2.21. The van der Waals surface area contributed by atoms with Gasteiger partial charge in [-0.2, -0.15) is 16.8 Å². The van der Waals surface area contributed by atoms with Gasteiger partial charge in [0.15, 0.2) is 9.84 Å². The van der Waals surface area contributed by atoms with Gasteiger partial charge in [-0.25, -0.2) is 8.42 Å². The molecule has 15 nitrogen and oxygen atoms in total. The second-order valence-electron chi connectivity index (χ2n) is 12.3. The number of nitrogens with one attached hydrogen (secondary N) is 1. The first-order chi connectivity index (χ1) is 26.3. The highest BCUT2D eigenvalue weighted by Crippen LogP contribution is 2.36. The molecule has 3 aromatic carbocycles. The molecule has 0 spiro atoms. The average Bonchev–Trinajstić information content (AvgIpc) is 3.11. The van der Waals surface area contributed by atoms with Crippen molar-refractivity contribution in [3.8, 4) is 40.7 Å². The maximum Gasteiger partial charge on any atom is 0.266 e. The van der Waals surface area contributed by atoms with Crippen molar-refractivity contribution in [3.63, 3.8) is 0 Å². The van der Waals surface area contributed by atoms with Gasteiger partial charge in [-0.3, -0.25) is 18.9 Å². The molecule has 0 aliphatic heterocycles. The maximum atomic E-state index is 12.1. The van der Waals surface area contributed by atoms with Crippen LogP contribution in [0, 0.1) is 26.2 Å². The largest absolute Gasteiger partial charge is 0.488 e. The van der Waals surface area contributed by atoms with Crippen molar-refractivity contribution in [1.29, 1.82) is 0 Å². The lowest BCUT2D eigenvalue weighted by molar-refractivity contribution is -0.106. The highest BCUT2D eigenvalue weighted by atomic mass is 35.5. The standard InChI is InChI=1S/C36H39ClN2O11S3.CH3NO/c1-5-13-48-34-11-7-10-32(25(34)3)31-9-6-8-27(24(31)2)22-50-36-17-35(49-21-26-15-30(20-38-18-26)51(4,40)41)28(16-33(36)37)19-39-29(23-53(45,46)47)12-14-52(42,43)44;2-1-3/h1,6-11,15-18,20,29,39H,12-14,19,21-23H2,2-4H3,(H,42,43,44)(H,45,46,47);1H,(H2,2,3). The van der Waals surface area contributed by atoms with E-state index in [9.17, 15) is 34.4 Å². The van der Waals surface area contributed by atoms with Crippen molar-refractivity contribution in [3.05, 3.63) is 99.8 Å². The molecule has 1 amide bonds. The van der Waals surface area contributed by atoms with E-state index in [1.165, 1.54) is 30.6 Å². The van der Waals surface area contributed by atoms with E-state index in [1.807, 2.05) is 50.2 Å². The van der Waals surface area contributed by atoms with Gasteiger partial charge in [0.05, 0.1) is 21.4 Å². The Morgan fingerprint density at radius 2 is 1.52 bits per heavy atom. The van der Waals surface area contributed by atoms with Crippen LogP contribution in [0.4, 0.5) is 0 Å². The van der Waals surface area contributed by atoms with E-state index in [-0.39, 0.29) is 60.6 Å². The Kier molecular flexibility index (Phi) is 16.7. The molecule has 1 heterocycles. The van der Waals surface area contributed by atoms with Crippen LogP contribution in [0.15, 0.2) is 71.9 Å². The minimum absolute atomic E-state index is 0.00729. The van der Waals surface area contributed by atoms with Gasteiger partial charge >= 0.3 is 0 Å². The topological polar surface area (TPSA) is 239 Å². The first kappa shape index (κ1) is 45.6. The molecule has 0 saturated heterocycles. The summed E-state index contributed by atoms with van der Waals surface area (Å²) in [6.45, 7) is 3.92. The number of amides is 1. The summed E-state index contributed by atoms with van der Waals surface area (Å²) in [5.41, 5.74) is 9.64. The summed E-state index contributed by atoms with van der Waals surface area (Å²) in [7, 11) is -12.5. The molecular weight excluding hydrogens is 810 g/mol. The number of sulfone groups is 1. The minimum atomic E-state index is -4.54. The fourth-order valence-corrected chi connectivity index (χ4v) is 7.61. The number of carbonyl (C=O) groups is 1. The number of halogens is 1. The van der Waals surface area contributed by atoms with Gasteiger partial charge in [-0.15, -0.1) is 6.42 Å². The van der Waals surface area contributed by atoms with Crippen molar-refractivity contribution in [1.82, 2.24) is 10.3 Å². The number of terminal acetylenes is 1. The van der Waals surface area contributed by atoms with Gasteiger partial charge in [0, 0.05) is 48.4 Å². The van der Waals surface area contributed by atoms with Crippen molar-refractivity contribution in [2.45, 2.75) is 51.0 Å². The van der Waals surface area contributed by atoms with E-state index in [4.69, 9.17) is 37.0 Å². The third-order valence-corrected chi connectivity index (χ3v) is 11.1. The first-order valence-electron chi connectivity index (χ1n) is 16.5. The minimum Gasteiger partial charge on any atom is -0.488 e. The number of hydrogen-bond acceptors (Lipinski definition) is 12. The molecule has 0 saturated carbocycles. The predicted molar refractivity (Wildman–Crippen MR) is 211 cm³/mol. The lowest BCUT2D eigenvalue weighted by atomic mass is 9.93. The summed E-state index contributed by atoms with van der Waals surface area (Å²) in [4.78, 5) is 12.6. The van der Waals surface area contributed by atoms with Gasteiger partial charge in [0.2, 0.25) is 6.41 Å². The smallest absolute Gasteiger partial charge is 0.266 e. The van der Waals surface area contributed by atoms with Gasteiger partial charge in [0.25, 0.3) is 20.2 Å². The summed E-state index contributed by atoms with van der Waals surface area (Å²) >= 11 is 6.68. The number of benzene rings is 3. The molecule has 5 N–H and O–H groups in total. The summed E-state index contributed by atoms with van der Waals surface area (Å²) in [6.07, 6.45) is 8.99. The van der Waals surface area contributed by atoms with Crippen LogP contribution in [0.2, 0.25) is 5.02 Å². The number of nitrogens with two attached hydrogens (primary N) is 1. The van der Waals surface area contributed by atoms with Crippen molar-refractivity contribution < 1.29 is 53.4 Å². The summed E-state index contributed by atoms with van der Waals surface area (Å²) in [5.74, 6) is 2.01. The van der Waals surface area contributed by atoms with Crippen LogP contribution in [0.3, 0.4) is 0 Å². The molecule has 1 atom stereocenters. The number of pyridine rings is 1. The fourth-order valence-electron chi connectivity index (χ4n) is 5.38. The van der Waals surface area contributed by atoms with Gasteiger partial charge in [-0.05, 0) is 66.3 Å². The molecule has 56 heavy (non-hydrogen) atoms. The average molecular weight is 852 g/mol. The second kappa shape index (κ2) is 20.4. The molecule has 1 aromatic heterocycles. The van der Waals surface area contributed by atoms with Crippen LogP contribution < -0.4 is 25.3 Å². The number of hydrogen-bond donors (Lipinski definition) is 4. The Labute approximate surface area is 332 Å². The van der Waals surface area contributed by atoms with E-state index in [2.05, 4.69) is 22.0 Å². The molecular formula is C37H42ClN3O12S3. The summed E-state index contributed by atoms with van der Waals surface area (Å²) < 4.78 is 107. The van der Waals surface area contributed by atoms with Crippen LogP contribution >= 0.6 is 11.6 Å². The maximum absolute atomic E-state index is 12.1. The fraction of sp³-hybridized carbons (Fsp3) is 0.297. The third-order valence-electron chi connectivity index (χ3n) is 8.14. The van der Waals surface area contributed by atoms with E-state index >= 15 is 0 Å². The Balaban J connectivity index is 0.00000271. The molecule has 1 unspecified atom stereocenters. The SMILES string of the molecule is C#CCOc1cccc(-c2cccc(COc3cc(OCc4cncc(S(C)(=O)=O)c4)c(CNC(CCS(=O)(=O)O)CS(=O)(=O)O)cc3Cl)c2C)c1C.NC=O. The van der Waals surface area contributed by atoms with Gasteiger partial charge < -0.3 is 25.3 Å². The number of ether oxygens (including phenoxy) is 3. The van der Waals surface area contributed by atoms with Crippen LogP contribution in [0.5, 0.6) is 17.2 Å². The van der Waals surface area contributed by atoms with Crippen molar-refractivity contribution >= 4 is 48.1 Å². The zero-order valence-electron chi connectivity index (χ0n) is 30.6. The van der Waals surface area contributed by atoms with E-state index in [0.717, 1.165) is 34.1 Å². The number of carbonyl (C=O) groups excluding carboxylic acids is 1. The Bertz CT molecular complexity index is 2390. The Morgan fingerprint density at radius 1 is 0.875 bits per heavy atom. The third kappa shape index (κ3) is 14.4. The first-order valence-corrected chi connectivity index (χ1v) is 22.0. The molecule has 4 aromatic rings. The van der Waals surface area contributed by atoms with Gasteiger partial charge in [0.1, 0.15) is 37.1 Å². The molecule has 0 aliphatic carbocycles. The van der Waals surface area contributed by atoms with E-state index < -0.39 is 47.6 Å². The second-order valence-corrected chi connectivity index (χ2v) is 17.8. The molecule has 0 aliphatic rings. The number of nitrogens with zero attached hydrogens (tertiary/aromatic N) is 1. The normalized spacial score (nSPS) is 12.1. The van der Waals surface area contributed by atoms with Crippen molar-refractivity contribution in [2.75, 3.05) is 24.4 Å². The zero-order valence-corrected chi connectivity index (χ0v) is 33.8. The Hall–Kier alpha value is -4.74. The van der Waals surface area contributed by atoms with Crippen molar-refractivity contribution in [2.24, 2.45) is 5.73 Å². The monoisotopic (exact) mass is 851 g/mol. The van der Waals surface area contributed by atoms with E-state index in [1.54, 1.807) is 0 Å². The molecule has 0 radical (unpaired) electrons. The summed E-state index contributed by atoms with van der Waals surface area (Å²) in [5, 5.41) is 3.05. The van der Waals surface area contributed by atoms with Crippen LogP contribution in [-0.4, -0.2) is 76.2 Å². The predicted octanol–water partition coefficient (Wildman–Crippen LogP) is 4.32. The lowest BCUT2D eigenvalue weighted by Gasteiger charge is -2.20. The molecule has 0 fully saturated rings. The van der Waals surface area contributed by atoms with Gasteiger partial charge in [-0.1, -0.05) is 47.9 Å². The van der Waals surface area contributed by atoms with E-state index in [0.29, 0.717) is 16.9 Å².